The molecule has 1 amide bonds. The summed E-state index contributed by atoms with van der Waals surface area (Å²) in [5.74, 6) is -0.522. The molecule has 34 heavy (non-hydrogen) atoms. The minimum atomic E-state index is -2.94. The minimum Gasteiger partial charge on any atom is -0.381 e. The van der Waals surface area contributed by atoms with E-state index >= 15 is 0 Å². The number of halogens is 3. The summed E-state index contributed by atoms with van der Waals surface area (Å²) in [6, 6.07) is 4.71. The van der Waals surface area contributed by atoms with E-state index in [1.165, 1.54) is 18.2 Å². The van der Waals surface area contributed by atoms with Crippen molar-refractivity contribution in [3.8, 4) is 0 Å². The van der Waals surface area contributed by atoms with Gasteiger partial charge in [0.25, 0.3) is 17.9 Å². The van der Waals surface area contributed by atoms with Gasteiger partial charge in [0.2, 0.25) is 0 Å². The Labute approximate surface area is 196 Å². The maximum Gasteiger partial charge on any atom is 0.266 e. The van der Waals surface area contributed by atoms with Crippen LogP contribution < -0.4 is 16.2 Å². The molecule has 2 N–H and O–H groups in total. The van der Waals surface area contributed by atoms with Crippen molar-refractivity contribution in [3.63, 3.8) is 0 Å². The second-order valence-electron chi connectivity index (χ2n) is 9.90. The molecule has 0 bridgehead atoms. The van der Waals surface area contributed by atoms with Crippen LogP contribution in [0.25, 0.3) is 0 Å². The van der Waals surface area contributed by atoms with Crippen molar-refractivity contribution < 1.29 is 18.0 Å². The third-order valence-corrected chi connectivity index (χ3v) is 7.60. The molecule has 2 saturated carbocycles. The van der Waals surface area contributed by atoms with Crippen LogP contribution in [0.1, 0.15) is 66.2 Å². The quantitative estimate of drug-likeness (QED) is 0.634. The van der Waals surface area contributed by atoms with Gasteiger partial charge in [-0.25, -0.2) is 13.2 Å². The van der Waals surface area contributed by atoms with Gasteiger partial charge in [0, 0.05) is 43.0 Å². The van der Waals surface area contributed by atoms with Crippen LogP contribution in [0.2, 0.25) is 0 Å². The Kier molecular flexibility index (Phi) is 5.91. The highest BCUT2D eigenvalue weighted by atomic mass is 19.3. The van der Waals surface area contributed by atoms with Gasteiger partial charge >= 0.3 is 0 Å². The molecule has 9 heteroatoms. The molecule has 3 aliphatic rings. The van der Waals surface area contributed by atoms with E-state index in [1.807, 2.05) is 0 Å². The van der Waals surface area contributed by atoms with Crippen LogP contribution >= 0.6 is 0 Å². The zero-order chi connectivity index (χ0) is 24.1. The second-order valence-corrected chi connectivity index (χ2v) is 9.90. The number of aromatic nitrogens is 1. The predicted octanol–water partition coefficient (Wildman–Crippen LogP) is 4.11. The molecule has 182 valence electrons. The van der Waals surface area contributed by atoms with Gasteiger partial charge < -0.3 is 20.1 Å². The molecular weight excluding hydrogens is 445 g/mol. The molecule has 0 spiro atoms. The van der Waals surface area contributed by atoms with E-state index in [0.29, 0.717) is 23.1 Å². The van der Waals surface area contributed by atoms with E-state index in [1.54, 1.807) is 17.7 Å². The summed E-state index contributed by atoms with van der Waals surface area (Å²) in [7, 11) is 2.07. The molecule has 6 nitrogen and oxygen atoms in total. The number of nitrogens with zero attached hydrogens (tertiary/aromatic N) is 2. The predicted molar refractivity (Wildman–Crippen MR) is 123 cm³/mol. The molecule has 2 aliphatic carbocycles. The van der Waals surface area contributed by atoms with Gasteiger partial charge in [0.05, 0.1) is 22.9 Å². The number of alkyl halides is 2. The number of hydrogen-bond acceptors (Lipinski definition) is 4. The smallest absolute Gasteiger partial charge is 0.266 e. The molecule has 1 unspecified atom stereocenters. The maximum absolute atomic E-state index is 14.6. The molecule has 0 radical (unpaired) electrons. The number of piperidine rings is 1. The van der Waals surface area contributed by atoms with Gasteiger partial charge in [0.15, 0.2) is 0 Å². The molecule has 2 heterocycles. The Bertz CT molecular complexity index is 1150. The lowest BCUT2D eigenvalue weighted by Crippen LogP contribution is -2.34. The van der Waals surface area contributed by atoms with Gasteiger partial charge in [-0.15, -0.1) is 0 Å². The van der Waals surface area contributed by atoms with Crippen molar-refractivity contribution in [1.29, 1.82) is 0 Å². The van der Waals surface area contributed by atoms with E-state index in [9.17, 15) is 22.8 Å². The van der Waals surface area contributed by atoms with Gasteiger partial charge in [-0.1, -0.05) is 18.2 Å². The largest absolute Gasteiger partial charge is 0.381 e. The van der Waals surface area contributed by atoms with E-state index in [0.717, 1.165) is 38.4 Å². The number of nitrogens with one attached hydrogen (secondary N) is 2. The number of carbonyl (C=O) groups is 1. The first kappa shape index (κ1) is 23.0. The number of pyridine rings is 1. The fraction of sp³-hybridized carbons (Fsp3) is 0.520. The molecule has 5 rings (SSSR count). The van der Waals surface area contributed by atoms with Crippen molar-refractivity contribution in [2.24, 2.45) is 11.8 Å². The Morgan fingerprint density at radius 2 is 1.82 bits per heavy atom. The third-order valence-electron chi connectivity index (χ3n) is 7.60. The third kappa shape index (κ3) is 4.10. The zero-order valence-electron chi connectivity index (χ0n) is 19.2. The number of benzene rings is 1. The molecule has 2 aromatic rings. The Morgan fingerprint density at radius 1 is 1.15 bits per heavy atom. The number of amides is 1. The topological polar surface area (TPSA) is 66.4 Å². The van der Waals surface area contributed by atoms with Gasteiger partial charge in [-0.3, -0.25) is 9.59 Å². The van der Waals surface area contributed by atoms with Crippen LogP contribution in [0.15, 0.2) is 35.3 Å². The first-order valence-electron chi connectivity index (χ1n) is 11.8. The number of hydrogen-bond donors (Lipinski definition) is 2. The van der Waals surface area contributed by atoms with Crippen molar-refractivity contribution >= 4 is 11.6 Å². The number of rotatable bonds is 7. The molecule has 1 aromatic heterocycles. The van der Waals surface area contributed by atoms with Crippen LogP contribution in [0.4, 0.5) is 18.9 Å². The minimum absolute atomic E-state index is 0.00673. The number of likely N-dealkylation sites (tertiary alicyclic amines) is 1. The summed E-state index contributed by atoms with van der Waals surface area (Å²) in [6.07, 6.45) is 1.45. The highest BCUT2D eigenvalue weighted by Gasteiger charge is 2.55. The van der Waals surface area contributed by atoms with Crippen molar-refractivity contribution in [3.05, 3.63) is 63.3 Å². The lowest BCUT2D eigenvalue weighted by atomic mass is 9.92. The van der Waals surface area contributed by atoms with Gasteiger partial charge in [-0.2, -0.15) is 0 Å². The summed E-state index contributed by atoms with van der Waals surface area (Å²) >= 11 is 0. The molecule has 1 aliphatic heterocycles. The second kappa shape index (κ2) is 8.76. The van der Waals surface area contributed by atoms with Crippen LogP contribution in [0.5, 0.6) is 0 Å². The Hall–Kier alpha value is -2.81. The van der Waals surface area contributed by atoms with Crippen LogP contribution in [0, 0.1) is 17.7 Å². The monoisotopic (exact) mass is 474 g/mol. The standard InChI is InChI=1S/C25H29F3N4O2/c1-13(15-7-4-8-16(22(15)26)24(27)28)29-25(34)19-12-32(14-5-3-6-14)21(33)9-20(19)30-23-17-10-31(2)11-18(17)23/h4,7-9,12-14,17-18,23-24,30H,3,5-6,10-11H2,1-2H3,(H,29,34)/t13-,17-,18+,23?/m1/s1. The molecule has 4 atom stereocenters. The van der Waals surface area contributed by atoms with Crippen LogP contribution in [0.3, 0.4) is 0 Å². The van der Waals surface area contributed by atoms with Crippen molar-refractivity contribution in [2.45, 2.75) is 50.7 Å². The lowest BCUT2D eigenvalue weighted by molar-refractivity contribution is 0.0938. The van der Waals surface area contributed by atoms with E-state index in [4.69, 9.17) is 0 Å². The highest BCUT2D eigenvalue weighted by molar-refractivity contribution is 5.99. The number of carbonyl (C=O) groups excluding carboxylic acids is 1. The summed E-state index contributed by atoms with van der Waals surface area (Å²) in [4.78, 5) is 28.4. The summed E-state index contributed by atoms with van der Waals surface area (Å²) < 4.78 is 42.5. The van der Waals surface area contributed by atoms with Crippen molar-refractivity contribution in [2.75, 3.05) is 25.5 Å². The maximum atomic E-state index is 14.6. The van der Waals surface area contributed by atoms with E-state index in [2.05, 4.69) is 22.6 Å². The summed E-state index contributed by atoms with van der Waals surface area (Å²) in [5.41, 5.74) is -0.0795. The number of anilines is 1. The Morgan fingerprint density at radius 3 is 2.44 bits per heavy atom. The molecule has 1 saturated heterocycles. The number of fused-ring (bicyclic) bond motifs is 1. The van der Waals surface area contributed by atoms with E-state index in [-0.39, 0.29) is 23.2 Å². The lowest BCUT2D eigenvalue weighted by Gasteiger charge is -2.29. The van der Waals surface area contributed by atoms with Crippen LogP contribution in [-0.4, -0.2) is 41.6 Å². The first-order valence-corrected chi connectivity index (χ1v) is 11.8. The summed E-state index contributed by atoms with van der Waals surface area (Å²) in [6.45, 7) is 3.50. The first-order chi connectivity index (χ1) is 16.2. The van der Waals surface area contributed by atoms with Crippen molar-refractivity contribution in [1.82, 2.24) is 14.8 Å². The van der Waals surface area contributed by atoms with Crippen LogP contribution in [-0.2, 0) is 0 Å². The SMILES string of the molecule is C[C@@H](NC(=O)c1cn(C2CCC2)c(=O)cc1NC1[C@H]2CN(C)C[C@@H]12)c1cccc(C(F)F)c1F. The molecule has 1 aromatic carbocycles. The average Bonchev–Trinajstić information content (AvgIpc) is 3.18. The zero-order valence-corrected chi connectivity index (χ0v) is 19.2. The normalized spacial score (nSPS) is 25.1. The van der Waals surface area contributed by atoms with Gasteiger partial charge in [0.1, 0.15) is 5.82 Å². The highest BCUT2D eigenvalue weighted by Crippen LogP contribution is 2.47. The fourth-order valence-corrected chi connectivity index (χ4v) is 5.35. The van der Waals surface area contributed by atoms with E-state index < -0.39 is 29.8 Å². The fourth-order valence-electron chi connectivity index (χ4n) is 5.35. The average molecular weight is 475 g/mol. The molecular formula is C25H29F3N4O2. The van der Waals surface area contributed by atoms with Gasteiger partial charge in [-0.05, 0) is 45.1 Å². The molecule has 3 fully saturated rings. The summed E-state index contributed by atoms with van der Waals surface area (Å²) in [5, 5.41) is 6.15. The Balaban J connectivity index is 1.41.